The summed E-state index contributed by atoms with van der Waals surface area (Å²) in [6.45, 7) is 0.775. The van der Waals surface area contributed by atoms with Crippen LogP contribution in [0.1, 0.15) is 11.6 Å². The van der Waals surface area contributed by atoms with Gasteiger partial charge in [0.25, 0.3) is 0 Å². The molecule has 94 valence electrons. The first-order chi connectivity index (χ1) is 8.24. The lowest BCUT2D eigenvalue weighted by atomic mass is 10.1. The molecule has 1 fully saturated rings. The van der Waals surface area contributed by atoms with E-state index in [9.17, 15) is 4.21 Å². The fourth-order valence-corrected chi connectivity index (χ4v) is 3.17. The van der Waals surface area contributed by atoms with Gasteiger partial charge in [-0.1, -0.05) is 0 Å². The number of rotatable bonds is 3. The van der Waals surface area contributed by atoms with Gasteiger partial charge in [-0.05, 0) is 18.2 Å². The second-order valence-electron chi connectivity index (χ2n) is 3.93. The highest BCUT2D eigenvalue weighted by Gasteiger charge is 2.22. The van der Waals surface area contributed by atoms with Crippen molar-refractivity contribution in [2.24, 2.45) is 0 Å². The quantitative estimate of drug-likeness (QED) is 0.878. The van der Waals surface area contributed by atoms with Crippen LogP contribution in [0.3, 0.4) is 0 Å². The summed E-state index contributed by atoms with van der Waals surface area (Å²) in [5, 5.41) is 3.36. The van der Waals surface area contributed by atoms with Gasteiger partial charge in [0.2, 0.25) is 0 Å². The van der Waals surface area contributed by atoms with E-state index in [1.54, 1.807) is 14.2 Å². The molecule has 2 rings (SSSR count). The molecule has 0 aliphatic carbocycles. The Bertz CT molecular complexity index is 422. The maximum atomic E-state index is 11.6. The SMILES string of the molecule is COc1ccc(OC)c(C2CS(=O)CCN2)c1. The van der Waals surface area contributed by atoms with Crippen LogP contribution >= 0.6 is 0 Å². The number of hydrogen-bond donors (Lipinski definition) is 1. The largest absolute Gasteiger partial charge is 0.497 e. The predicted molar refractivity (Wildman–Crippen MR) is 68.2 cm³/mol. The third-order valence-electron chi connectivity index (χ3n) is 2.89. The molecule has 1 aromatic rings. The third kappa shape index (κ3) is 2.79. The fraction of sp³-hybridized carbons (Fsp3) is 0.500. The van der Waals surface area contributed by atoms with Gasteiger partial charge in [-0.15, -0.1) is 0 Å². The van der Waals surface area contributed by atoms with Crippen molar-refractivity contribution in [1.29, 1.82) is 0 Å². The van der Waals surface area contributed by atoms with Gasteiger partial charge in [0.05, 0.1) is 14.2 Å². The number of benzene rings is 1. The average molecular weight is 255 g/mol. The summed E-state index contributed by atoms with van der Waals surface area (Å²) in [7, 11) is 2.53. The van der Waals surface area contributed by atoms with Crippen molar-refractivity contribution < 1.29 is 13.7 Å². The summed E-state index contributed by atoms with van der Waals surface area (Å²) >= 11 is 0. The topological polar surface area (TPSA) is 47.6 Å². The standard InChI is InChI=1S/C12H17NO3S/c1-15-9-3-4-12(16-2)10(7-9)11-8-17(14)6-5-13-11/h3-4,7,11,13H,5-6,8H2,1-2H3. The summed E-state index contributed by atoms with van der Waals surface area (Å²) in [6.07, 6.45) is 0. The highest BCUT2D eigenvalue weighted by atomic mass is 32.2. The molecule has 1 heterocycles. The highest BCUT2D eigenvalue weighted by molar-refractivity contribution is 7.85. The first-order valence-corrected chi connectivity index (χ1v) is 7.03. The van der Waals surface area contributed by atoms with Gasteiger partial charge in [-0.25, -0.2) is 0 Å². The zero-order valence-corrected chi connectivity index (χ0v) is 10.9. The monoisotopic (exact) mass is 255 g/mol. The molecule has 0 radical (unpaired) electrons. The maximum Gasteiger partial charge on any atom is 0.123 e. The minimum Gasteiger partial charge on any atom is -0.497 e. The highest BCUT2D eigenvalue weighted by Crippen LogP contribution is 2.30. The van der Waals surface area contributed by atoms with Crippen molar-refractivity contribution in [3.63, 3.8) is 0 Å². The smallest absolute Gasteiger partial charge is 0.123 e. The van der Waals surface area contributed by atoms with Gasteiger partial charge in [-0.3, -0.25) is 4.21 Å². The van der Waals surface area contributed by atoms with E-state index in [0.717, 1.165) is 29.4 Å². The molecule has 1 aromatic carbocycles. The number of hydrogen-bond acceptors (Lipinski definition) is 4. The normalized spacial score (nSPS) is 24.4. The maximum absolute atomic E-state index is 11.6. The molecule has 4 nitrogen and oxygen atoms in total. The molecule has 2 unspecified atom stereocenters. The van der Waals surface area contributed by atoms with Crippen molar-refractivity contribution >= 4 is 10.8 Å². The molecule has 1 saturated heterocycles. The van der Waals surface area contributed by atoms with E-state index in [1.165, 1.54) is 0 Å². The van der Waals surface area contributed by atoms with Gasteiger partial charge >= 0.3 is 0 Å². The van der Waals surface area contributed by atoms with Gasteiger partial charge < -0.3 is 14.8 Å². The molecule has 1 N–H and O–H groups in total. The molecular weight excluding hydrogens is 238 g/mol. The van der Waals surface area contributed by atoms with E-state index < -0.39 is 10.8 Å². The van der Waals surface area contributed by atoms with Crippen LogP contribution < -0.4 is 14.8 Å². The fourth-order valence-electron chi connectivity index (χ4n) is 1.99. The molecule has 0 spiro atoms. The van der Waals surface area contributed by atoms with E-state index in [-0.39, 0.29) is 6.04 Å². The molecule has 1 aliphatic rings. The van der Waals surface area contributed by atoms with Crippen LogP contribution in [0.2, 0.25) is 0 Å². The molecular formula is C12H17NO3S. The first-order valence-electron chi connectivity index (χ1n) is 5.55. The van der Waals surface area contributed by atoms with E-state index in [1.807, 2.05) is 18.2 Å². The molecule has 5 heteroatoms. The molecule has 0 aromatic heterocycles. The summed E-state index contributed by atoms with van der Waals surface area (Å²) in [5.74, 6) is 2.95. The van der Waals surface area contributed by atoms with Crippen LogP contribution in [0.15, 0.2) is 18.2 Å². The molecule has 0 amide bonds. The van der Waals surface area contributed by atoms with Crippen molar-refractivity contribution in [3.05, 3.63) is 23.8 Å². The Balaban J connectivity index is 2.30. The molecule has 0 bridgehead atoms. The second-order valence-corrected chi connectivity index (χ2v) is 5.55. The molecule has 17 heavy (non-hydrogen) atoms. The Morgan fingerprint density at radius 1 is 1.35 bits per heavy atom. The average Bonchev–Trinajstić information content (AvgIpc) is 2.38. The van der Waals surface area contributed by atoms with Crippen molar-refractivity contribution in [3.8, 4) is 11.5 Å². The van der Waals surface area contributed by atoms with Crippen LogP contribution in [0.5, 0.6) is 11.5 Å². The Morgan fingerprint density at radius 3 is 2.82 bits per heavy atom. The van der Waals surface area contributed by atoms with Gasteiger partial charge in [0, 0.05) is 40.5 Å². The van der Waals surface area contributed by atoms with Crippen LogP contribution in [0.25, 0.3) is 0 Å². The van der Waals surface area contributed by atoms with Crippen LogP contribution in [0, 0.1) is 0 Å². The number of nitrogens with one attached hydrogen (secondary N) is 1. The summed E-state index contributed by atoms with van der Waals surface area (Å²) < 4.78 is 22.2. The van der Waals surface area contributed by atoms with Crippen LogP contribution in [-0.2, 0) is 10.8 Å². The van der Waals surface area contributed by atoms with E-state index in [2.05, 4.69) is 5.32 Å². The van der Waals surface area contributed by atoms with Gasteiger partial charge in [0.1, 0.15) is 11.5 Å². The minimum absolute atomic E-state index is 0.0784. The molecule has 1 aliphatic heterocycles. The Hall–Kier alpha value is -1.07. The van der Waals surface area contributed by atoms with Crippen molar-refractivity contribution in [2.45, 2.75) is 6.04 Å². The Morgan fingerprint density at radius 2 is 2.18 bits per heavy atom. The summed E-state index contributed by atoms with van der Waals surface area (Å²) in [4.78, 5) is 0. The predicted octanol–water partition coefficient (Wildman–Crippen LogP) is 1.10. The number of methoxy groups -OCH3 is 2. The molecule has 0 saturated carbocycles. The third-order valence-corrected chi connectivity index (χ3v) is 4.25. The Labute approximate surface area is 104 Å². The number of ether oxygens (including phenoxy) is 2. The zero-order valence-electron chi connectivity index (χ0n) is 10.1. The Kier molecular flexibility index (Phi) is 4.02. The first kappa shape index (κ1) is 12.4. The van der Waals surface area contributed by atoms with Gasteiger partial charge in [-0.2, -0.15) is 0 Å². The zero-order chi connectivity index (χ0) is 12.3. The lowest BCUT2D eigenvalue weighted by Gasteiger charge is -2.25. The van der Waals surface area contributed by atoms with Crippen molar-refractivity contribution in [1.82, 2.24) is 5.32 Å². The van der Waals surface area contributed by atoms with Crippen LogP contribution in [0.4, 0.5) is 0 Å². The summed E-state index contributed by atoms with van der Waals surface area (Å²) in [5.41, 5.74) is 1.01. The van der Waals surface area contributed by atoms with E-state index in [4.69, 9.17) is 9.47 Å². The van der Waals surface area contributed by atoms with Crippen LogP contribution in [-0.4, -0.2) is 36.5 Å². The lowest BCUT2D eigenvalue weighted by Crippen LogP contribution is -2.36. The van der Waals surface area contributed by atoms with Crippen molar-refractivity contribution in [2.75, 3.05) is 32.3 Å². The lowest BCUT2D eigenvalue weighted by molar-refractivity contribution is 0.392. The minimum atomic E-state index is -0.748. The molecule has 2 atom stereocenters. The van der Waals surface area contributed by atoms with Gasteiger partial charge in [0.15, 0.2) is 0 Å². The second kappa shape index (κ2) is 5.51. The van der Waals surface area contributed by atoms with E-state index >= 15 is 0 Å². The summed E-state index contributed by atoms with van der Waals surface area (Å²) in [6, 6.07) is 5.77. The van der Waals surface area contributed by atoms with E-state index in [0.29, 0.717) is 5.75 Å².